The highest BCUT2D eigenvalue weighted by atomic mass is 32.1. The molecule has 0 bridgehead atoms. The average molecular weight is 254 g/mol. The van der Waals surface area contributed by atoms with E-state index >= 15 is 0 Å². The van der Waals surface area contributed by atoms with Crippen LogP contribution in [0.2, 0.25) is 0 Å². The van der Waals surface area contributed by atoms with Crippen LogP contribution in [0.3, 0.4) is 0 Å². The maximum Gasteiger partial charge on any atom is 0.324 e. The standard InChI is InChI=1S/C12H18N2O2S/c1-9(2)6-13-7-10(3)4-11-5-12(14(15)16)17-8-11/h4-5,8-9,13H,6-7H2,1-3H3. The monoisotopic (exact) mass is 254 g/mol. The third-order valence-corrected chi connectivity index (χ3v) is 3.05. The van der Waals surface area contributed by atoms with Crippen molar-refractivity contribution >= 4 is 22.4 Å². The van der Waals surface area contributed by atoms with E-state index in [9.17, 15) is 10.1 Å². The Bertz CT molecular complexity index is 410. The van der Waals surface area contributed by atoms with Gasteiger partial charge in [-0.05, 0) is 24.9 Å². The van der Waals surface area contributed by atoms with Crippen LogP contribution >= 0.6 is 11.3 Å². The van der Waals surface area contributed by atoms with Crippen molar-refractivity contribution in [2.45, 2.75) is 20.8 Å². The summed E-state index contributed by atoms with van der Waals surface area (Å²) in [6, 6.07) is 1.61. The Morgan fingerprint density at radius 2 is 2.35 bits per heavy atom. The highest BCUT2D eigenvalue weighted by Crippen LogP contribution is 2.24. The lowest BCUT2D eigenvalue weighted by atomic mass is 10.2. The zero-order valence-corrected chi connectivity index (χ0v) is 11.2. The summed E-state index contributed by atoms with van der Waals surface area (Å²) in [6.07, 6.45) is 1.98. The van der Waals surface area contributed by atoms with E-state index in [1.54, 1.807) is 6.07 Å². The van der Waals surface area contributed by atoms with Crippen molar-refractivity contribution in [3.8, 4) is 0 Å². The number of nitro groups is 1. The van der Waals surface area contributed by atoms with Crippen LogP contribution < -0.4 is 5.32 Å². The molecule has 0 saturated heterocycles. The number of hydrogen-bond acceptors (Lipinski definition) is 4. The van der Waals surface area contributed by atoms with E-state index < -0.39 is 0 Å². The van der Waals surface area contributed by atoms with E-state index in [-0.39, 0.29) is 9.92 Å². The van der Waals surface area contributed by atoms with Crippen LogP contribution in [0.15, 0.2) is 17.0 Å². The molecule has 0 fully saturated rings. The van der Waals surface area contributed by atoms with Crippen LogP contribution in [0.5, 0.6) is 0 Å². The summed E-state index contributed by atoms with van der Waals surface area (Å²) in [5.41, 5.74) is 2.09. The first-order valence-corrected chi connectivity index (χ1v) is 6.48. The first kappa shape index (κ1) is 13.9. The Morgan fingerprint density at radius 1 is 1.65 bits per heavy atom. The van der Waals surface area contributed by atoms with Gasteiger partial charge in [0.05, 0.1) is 4.92 Å². The minimum absolute atomic E-state index is 0.194. The first-order valence-electron chi connectivity index (χ1n) is 5.60. The van der Waals surface area contributed by atoms with Crippen molar-refractivity contribution in [3.63, 3.8) is 0 Å². The molecule has 0 spiro atoms. The van der Waals surface area contributed by atoms with Crippen LogP contribution in [-0.2, 0) is 0 Å². The third kappa shape index (κ3) is 5.10. The molecule has 1 aromatic rings. The molecule has 0 amide bonds. The second-order valence-electron chi connectivity index (χ2n) is 4.49. The molecule has 0 atom stereocenters. The minimum atomic E-state index is -0.353. The fraction of sp³-hybridized carbons (Fsp3) is 0.500. The van der Waals surface area contributed by atoms with Crippen molar-refractivity contribution < 1.29 is 4.92 Å². The van der Waals surface area contributed by atoms with Gasteiger partial charge >= 0.3 is 5.00 Å². The summed E-state index contributed by atoms with van der Waals surface area (Å²) in [4.78, 5) is 10.2. The summed E-state index contributed by atoms with van der Waals surface area (Å²) >= 11 is 1.16. The van der Waals surface area contributed by atoms with Crippen LogP contribution in [0.1, 0.15) is 26.3 Å². The largest absolute Gasteiger partial charge is 0.324 e. The van der Waals surface area contributed by atoms with Crippen molar-refractivity contribution in [1.29, 1.82) is 0 Å². The van der Waals surface area contributed by atoms with Crippen LogP contribution in [0.4, 0.5) is 5.00 Å². The SMILES string of the molecule is CC(=Cc1csc([N+](=O)[O-])c1)CNCC(C)C. The molecule has 0 aromatic carbocycles. The zero-order valence-electron chi connectivity index (χ0n) is 10.4. The smallest absolute Gasteiger partial charge is 0.313 e. The quantitative estimate of drug-likeness (QED) is 0.626. The van der Waals surface area contributed by atoms with Crippen LogP contribution in [-0.4, -0.2) is 18.0 Å². The average Bonchev–Trinajstić information content (AvgIpc) is 2.65. The molecule has 1 rings (SSSR count). The van der Waals surface area contributed by atoms with Gasteiger partial charge in [0.25, 0.3) is 0 Å². The molecule has 0 aliphatic carbocycles. The second-order valence-corrected chi connectivity index (χ2v) is 5.38. The Hall–Kier alpha value is -1.20. The summed E-state index contributed by atoms with van der Waals surface area (Å²) < 4.78 is 0. The van der Waals surface area contributed by atoms with Gasteiger partial charge in [0, 0.05) is 18.0 Å². The van der Waals surface area contributed by atoms with Crippen molar-refractivity contribution in [2.24, 2.45) is 5.92 Å². The number of rotatable bonds is 6. The Labute approximate surface area is 106 Å². The minimum Gasteiger partial charge on any atom is -0.313 e. The van der Waals surface area contributed by atoms with E-state index in [4.69, 9.17) is 0 Å². The molecule has 1 aromatic heterocycles. The van der Waals surface area contributed by atoms with E-state index in [0.29, 0.717) is 5.92 Å². The molecule has 94 valence electrons. The van der Waals surface area contributed by atoms with Gasteiger partial charge in [0.2, 0.25) is 0 Å². The Kier molecular flexibility index (Phi) is 5.31. The highest BCUT2D eigenvalue weighted by Gasteiger charge is 2.07. The van der Waals surface area contributed by atoms with E-state index in [1.807, 2.05) is 18.4 Å². The summed E-state index contributed by atoms with van der Waals surface area (Å²) in [7, 11) is 0. The van der Waals surface area contributed by atoms with Crippen LogP contribution in [0, 0.1) is 16.0 Å². The Morgan fingerprint density at radius 3 is 2.88 bits per heavy atom. The Balaban J connectivity index is 2.52. The molecule has 0 unspecified atom stereocenters. The first-order chi connectivity index (χ1) is 7.99. The maximum atomic E-state index is 10.5. The number of nitrogens with one attached hydrogen (secondary N) is 1. The molecule has 0 aliphatic rings. The fourth-order valence-corrected chi connectivity index (χ4v) is 2.09. The van der Waals surface area contributed by atoms with Gasteiger partial charge in [-0.1, -0.05) is 36.8 Å². The lowest BCUT2D eigenvalue weighted by molar-refractivity contribution is -0.380. The molecular weight excluding hydrogens is 236 g/mol. The molecule has 1 heterocycles. The van der Waals surface area contributed by atoms with E-state index in [2.05, 4.69) is 19.2 Å². The summed E-state index contributed by atoms with van der Waals surface area (Å²) in [6.45, 7) is 8.15. The number of thiophene rings is 1. The van der Waals surface area contributed by atoms with Gasteiger partial charge in [-0.3, -0.25) is 10.1 Å². The summed E-state index contributed by atoms with van der Waals surface area (Å²) in [5.74, 6) is 0.630. The van der Waals surface area contributed by atoms with Crippen molar-refractivity contribution in [1.82, 2.24) is 5.32 Å². The molecule has 0 radical (unpaired) electrons. The molecule has 4 nitrogen and oxygen atoms in total. The van der Waals surface area contributed by atoms with Gasteiger partial charge in [-0.2, -0.15) is 0 Å². The normalized spacial score (nSPS) is 12.1. The molecular formula is C12H18N2O2S. The van der Waals surface area contributed by atoms with Gasteiger partial charge < -0.3 is 5.32 Å². The lowest BCUT2D eigenvalue weighted by Crippen LogP contribution is -2.21. The number of hydrogen-bond donors (Lipinski definition) is 1. The van der Waals surface area contributed by atoms with Crippen LogP contribution in [0.25, 0.3) is 6.08 Å². The van der Waals surface area contributed by atoms with E-state index in [1.165, 1.54) is 5.57 Å². The van der Waals surface area contributed by atoms with Gasteiger partial charge in [-0.15, -0.1) is 0 Å². The molecule has 1 N–H and O–H groups in total. The summed E-state index contributed by atoms with van der Waals surface area (Å²) in [5, 5.41) is 15.9. The number of nitrogens with zero attached hydrogens (tertiary/aromatic N) is 1. The fourth-order valence-electron chi connectivity index (χ4n) is 1.40. The predicted octanol–water partition coefficient (Wildman–Crippen LogP) is 3.31. The highest BCUT2D eigenvalue weighted by molar-refractivity contribution is 7.13. The molecule has 17 heavy (non-hydrogen) atoms. The molecule has 0 saturated carbocycles. The molecule has 5 heteroatoms. The van der Waals surface area contributed by atoms with Gasteiger partial charge in [0.1, 0.15) is 0 Å². The van der Waals surface area contributed by atoms with Crippen molar-refractivity contribution in [3.05, 3.63) is 32.7 Å². The predicted molar refractivity (Wildman–Crippen MR) is 72.3 cm³/mol. The third-order valence-electron chi connectivity index (χ3n) is 2.16. The van der Waals surface area contributed by atoms with Gasteiger partial charge in [-0.25, -0.2) is 0 Å². The zero-order chi connectivity index (χ0) is 12.8. The lowest BCUT2D eigenvalue weighted by Gasteiger charge is -2.07. The van der Waals surface area contributed by atoms with Crippen molar-refractivity contribution in [2.75, 3.05) is 13.1 Å². The van der Waals surface area contributed by atoms with Gasteiger partial charge in [0.15, 0.2) is 0 Å². The second kappa shape index (κ2) is 6.51. The van der Waals surface area contributed by atoms with E-state index in [0.717, 1.165) is 30.0 Å². The topological polar surface area (TPSA) is 55.2 Å². The molecule has 0 aliphatic heterocycles. The maximum absolute atomic E-state index is 10.5.